The summed E-state index contributed by atoms with van der Waals surface area (Å²) >= 11 is 0. The molecule has 0 aliphatic heterocycles. The Hall–Kier alpha value is -7.14. The van der Waals surface area contributed by atoms with Crippen molar-refractivity contribution in [2.75, 3.05) is 19.0 Å². The Labute approximate surface area is 361 Å². The molecule has 6 aromatic carbocycles. The lowest BCUT2D eigenvalue weighted by atomic mass is 9.77. The highest BCUT2D eigenvalue weighted by Gasteiger charge is 2.45. The van der Waals surface area contributed by atoms with E-state index in [0.717, 1.165) is 39.1 Å². The van der Waals surface area contributed by atoms with E-state index in [1.807, 2.05) is 156 Å². The molecule has 0 spiro atoms. The first-order chi connectivity index (χ1) is 30.6. The van der Waals surface area contributed by atoms with Gasteiger partial charge in [-0.1, -0.05) is 164 Å². The van der Waals surface area contributed by atoms with Crippen LogP contribution in [0.3, 0.4) is 0 Å². The van der Waals surface area contributed by atoms with Gasteiger partial charge in [0, 0.05) is 5.92 Å². The number of ketones is 1. The quantitative estimate of drug-likeness (QED) is 0.0899. The molecule has 10 nitrogen and oxygen atoms in total. The van der Waals surface area contributed by atoms with Crippen molar-refractivity contribution in [3.8, 4) is 11.6 Å². The van der Waals surface area contributed by atoms with E-state index in [0.29, 0.717) is 37.4 Å². The number of fused-ring (bicyclic) bond motifs is 1. The van der Waals surface area contributed by atoms with Crippen LogP contribution in [0.5, 0.6) is 11.6 Å². The molecule has 310 valence electrons. The zero-order valence-electron chi connectivity index (χ0n) is 34.4. The molecule has 0 bridgehead atoms. The number of carbonyl (C=O) groups excluding carboxylic acids is 1. The van der Waals surface area contributed by atoms with Crippen molar-refractivity contribution in [3.63, 3.8) is 0 Å². The summed E-state index contributed by atoms with van der Waals surface area (Å²) in [6.45, 7) is 1.32. The molecule has 1 aliphatic carbocycles. The van der Waals surface area contributed by atoms with E-state index < -0.39 is 17.7 Å². The van der Waals surface area contributed by atoms with Gasteiger partial charge in [0.2, 0.25) is 11.8 Å². The summed E-state index contributed by atoms with van der Waals surface area (Å²) < 4.78 is 26.7. The van der Waals surface area contributed by atoms with Crippen LogP contribution in [0.1, 0.15) is 45.8 Å². The Balaban J connectivity index is 1.13. The Bertz CT molecular complexity index is 2640. The highest BCUT2D eigenvalue weighted by Crippen LogP contribution is 2.42. The van der Waals surface area contributed by atoms with Crippen LogP contribution >= 0.6 is 0 Å². The van der Waals surface area contributed by atoms with Gasteiger partial charge < -0.3 is 28.8 Å². The predicted molar refractivity (Wildman–Crippen MR) is 239 cm³/mol. The van der Waals surface area contributed by atoms with Crippen molar-refractivity contribution in [2.24, 2.45) is 5.92 Å². The van der Waals surface area contributed by atoms with Crippen LogP contribution in [0.25, 0.3) is 11.2 Å². The van der Waals surface area contributed by atoms with Gasteiger partial charge in [0.1, 0.15) is 24.0 Å². The number of hydrogen-bond acceptors (Lipinski definition) is 9. The molecule has 9 rings (SSSR count). The van der Waals surface area contributed by atoms with E-state index in [4.69, 9.17) is 33.9 Å². The summed E-state index contributed by atoms with van der Waals surface area (Å²) in [4.78, 5) is 29.8. The van der Waals surface area contributed by atoms with Gasteiger partial charge in [-0.3, -0.25) is 4.79 Å². The summed E-state index contributed by atoms with van der Waals surface area (Å²) in [5.74, 6) is 1.03. The van der Waals surface area contributed by atoms with Crippen LogP contribution in [-0.4, -0.2) is 45.1 Å². The SMILES string of the molecule is COc1ccc(C(Nc2nc(OCc3ccccc3)c3ncn(C4CC(COCc5ccccc5)C(OCc5ccccc5)C4=O)c3n2)(c2ccccc2)c2ccccc2)cc1. The second-order valence-electron chi connectivity index (χ2n) is 15.4. The third-order valence-electron chi connectivity index (χ3n) is 11.5. The average molecular weight is 822 g/mol. The van der Waals surface area contributed by atoms with Crippen LogP contribution in [0, 0.1) is 5.92 Å². The number of aromatic nitrogens is 4. The predicted octanol–water partition coefficient (Wildman–Crippen LogP) is 9.75. The van der Waals surface area contributed by atoms with E-state index in [2.05, 4.69) is 29.6 Å². The van der Waals surface area contributed by atoms with Crippen LogP contribution in [-0.2, 0) is 39.6 Å². The van der Waals surface area contributed by atoms with Crippen molar-refractivity contribution in [2.45, 2.75) is 43.9 Å². The first-order valence-electron chi connectivity index (χ1n) is 20.8. The van der Waals surface area contributed by atoms with E-state index >= 15 is 0 Å². The number of carbonyl (C=O) groups is 1. The molecule has 0 radical (unpaired) electrons. The maximum atomic E-state index is 14.7. The standard InChI is InChI=1S/C52H47N5O5/c1-59-44-29-27-43(28-30-44)52(41-23-13-5-14-24-41,42-25-15-6-16-26-42)56-51-54-49-46(50(55-51)62-34-39-21-11-4-12-22-39)53-36-57(49)45-31-40(35-60-32-37-17-7-2-8-18-37)48(47(45)58)61-33-38-19-9-3-10-20-38/h2-30,36,40,45,48H,31-35H2,1H3,(H,54,55,56). The molecule has 8 aromatic rings. The number of rotatable bonds is 17. The first-order valence-corrected chi connectivity index (χ1v) is 20.8. The fraction of sp³-hybridized carbons (Fsp3) is 0.192. The number of hydrogen-bond donors (Lipinski definition) is 1. The summed E-state index contributed by atoms with van der Waals surface area (Å²) in [6.07, 6.45) is 1.43. The van der Waals surface area contributed by atoms with Crippen LogP contribution in [0.15, 0.2) is 182 Å². The number of nitrogens with one attached hydrogen (secondary N) is 1. The Morgan fingerprint density at radius 3 is 1.76 bits per heavy atom. The van der Waals surface area contributed by atoms with Crippen LogP contribution in [0.2, 0.25) is 0 Å². The second kappa shape index (κ2) is 18.6. The largest absolute Gasteiger partial charge is 0.497 e. The summed E-state index contributed by atoms with van der Waals surface area (Å²) in [6, 6.07) is 57.7. The fourth-order valence-electron chi connectivity index (χ4n) is 8.34. The molecule has 1 saturated carbocycles. The number of methoxy groups -OCH3 is 1. The van der Waals surface area contributed by atoms with Crippen LogP contribution in [0.4, 0.5) is 5.95 Å². The zero-order chi connectivity index (χ0) is 42.1. The van der Waals surface area contributed by atoms with Crippen LogP contribution < -0.4 is 14.8 Å². The lowest BCUT2D eigenvalue weighted by Gasteiger charge is -2.37. The number of benzene rings is 6. The third-order valence-corrected chi connectivity index (χ3v) is 11.5. The minimum absolute atomic E-state index is 0.0606. The number of nitrogens with zero attached hydrogens (tertiary/aromatic N) is 4. The molecule has 0 saturated heterocycles. The van der Waals surface area contributed by atoms with Gasteiger partial charge in [0.05, 0.1) is 39.3 Å². The molecule has 10 heteroatoms. The Morgan fingerprint density at radius 2 is 1.18 bits per heavy atom. The van der Waals surface area contributed by atoms with E-state index in [1.165, 1.54) is 0 Å². The molecular formula is C52H47N5O5. The number of imidazole rings is 1. The molecular weight excluding hydrogens is 775 g/mol. The molecule has 1 N–H and O–H groups in total. The molecule has 3 atom stereocenters. The zero-order valence-corrected chi connectivity index (χ0v) is 34.4. The van der Waals surface area contributed by atoms with Crippen molar-refractivity contribution >= 4 is 22.9 Å². The van der Waals surface area contributed by atoms with Gasteiger partial charge >= 0.3 is 0 Å². The lowest BCUT2D eigenvalue weighted by Crippen LogP contribution is -2.38. The van der Waals surface area contributed by atoms with Crippen molar-refractivity contribution in [1.82, 2.24) is 19.5 Å². The molecule has 2 heterocycles. The Morgan fingerprint density at radius 1 is 0.645 bits per heavy atom. The molecule has 62 heavy (non-hydrogen) atoms. The van der Waals surface area contributed by atoms with Gasteiger partial charge in [0.25, 0.3) is 0 Å². The number of ether oxygens (including phenoxy) is 4. The lowest BCUT2D eigenvalue weighted by molar-refractivity contribution is -0.133. The highest BCUT2D eigenvalue weighted by atomic mass is 16.5. The van der Waals surface area contributed by atoms with Crippen molar-refractivity contribution in [1.29, 1.82) is 0 Å². The highest BCUT2D eigenvalue weighted by molar-refractivity contribution is 5.91. The maximum Gasteiger partial charge on any atom is 0.247 e. The maximum absolute atomic E-state index is 14.7. The molecule has 1 aliphatic rings. The van der Waals surface area contributed by atoms with Crippen molar-refractivity contribution < 1.29 is 23.7 Å². The molecule has 0 amide bonds. The van der Waals surface area contributed by atoms with E-state index in [-0.39, 0.29) is 30.1 Å². The van der Waals surface area contributed by atoms with E-state index in [1.54, 1.807) is 13.4 Å². The molecule has 1 fully saturated rings. The fourth-order valence-corrected chi connectivity index (χ4v) is 8.34. The van der Waals surface area contributed by atoms with Gasteiger partial charge in [-0.2, -0.15) is 9.97 Å². The van der Waals surface area contributed by atoms with E-state index in [9.17, 15) is 4.79 Å². The van der Waals surface area contributed by atoms with Gasteiger partial charge in [-0.25, -0.2) is 4.98 Å². The van der Waals surface area contributed by atoms with Crippen molar-refractivity contribution in [3.05, 3.63) is 216 Å². The summed E-state index contributed by atoms with van der Waals surface area (Å²) in [7, 11) is 1.66. The molecule has 2 aromatic heterocycles. The summed E-state index contributed by atoms with van der Waals surface area (Å²) in [5.41, 5.74) is 5.80. The smallest absolute Gasteiger partial charge is 0.247 e. The third kappa shape index (κ3) is 8.56. The number of anilines is 1. The first kappa shape index (κ1) is 40.3. The van der Waals surface area contributed by atoms with Gasteiger partial charge in [-0.05, 0) is 51.9 Å². The topological polar surface area (TPSA) is 110 Å². The Kier molecular flexibility index (Phi) is 12.1. The normalized spacial score (nSPS) is 16.3. The van der Waals surface area contributed by atoms with Gasteiger partial charge in [-0.15, -0.1) is 0 Å². The monoisotopic (exact) mass is 821 g/mol. The second-order valence-corrected chi connectivity index (χ2v) is 15.4. The molecule has 3 unspecified atom stereocenters. The average Bonchev–Trinajstić information content (AvgIpc) is 3.90. The minimum Gasteiger partial charge on any atom is -0.497 e. The minimum atomic E-state index is -0.981. The summed E-state index contributed by atoms with van der Waals surface area (Å²) in [5, 5.41) is 3.81. The number of Topliss-reactive ketones (excluding diaryl/α,β-unsaturated/α-hetero) is 1. The van der Waals surface area contributed by atoms with Gasteiger partial charge in [0.15, 0.2) is 16.9 Å².